The van der Waals surface area contributed by atoms with E-state index in [-0.39, 0.29) is 6.10 Å². The highest BCUT2D eigenvalue weighted by Crippen LogP contribution is 2.36. The summed E-state index contributed by atoms with van der Waals surface area (Å²) in [7, 11) is 0. The zero-order valence-corrected chi connectivity index (χ0v) is 13.9. The molecule has 1 saturated carbocycles. The molecule has 1 aliphatic heterocycles. The second kappa shape index (κ2) is 8.02. The topological polar surface area (TPSA) is 41.5 Å². The highest BCUT2D eigenvalue weighted by molar-refractivity contribution is 8.00. The molecule has 2 fully saturated rings. The monoisotopic (exact) mass is 301 g/mol. The Morgan fingerprint density at radius 2 is 2.25 bits per heavy atom. The van der Waals surface area contributed by atoms with Gasteiger partial charge in [0, 0.05) is 17.8 Å². The molecule has 0 bridgehead atoms. The minimum atomic E-state index is -0.373. The van der Waals surface area contributed by atoms with Crippen molar-refractivity contribution in [2.24, 2.45) is 5.92 Å². The van der Waals surface area contributed by atoms with Crippen LogP contribution in [0.15, 0.2) is 0 Å². The first-order valence-electron chi connectivity index (χ1n) is 8.22. The Hall–Kier alpha value is 0.230. The van der Waals surface area contributed by atoms with Crippen LogP contribution in [0.1, 0.15) is 52.4 Å². The molecule has 2 rings (SSSR count). The Balaban J connectivity index is 1.54. The van der Waals surface area contributed by atoms with Gasteiger partial charge in [-0.15, -0.1) is 0 Å². The lowest BCUT2D eigenvalue weighted by molar-refractivity contribution is -0.0306. The van der Waals surface area contributed by atoms with E-state index in [1.807, 2.05) is 0 Å². The minimum absolute atomic E-state index is 0.372. The van der Waals surface area contributed by atoms with Gasteiger partial charge in [0.15, 0.2) is 0 Å². The molecule has 1 heterocycles. The molecule has 0 aromatic carbocycles. The largest absolute Gasteiger partial charge is 0.389 e. The highest BCUT2D eigenvalue weighted by Gasteiger charge is 2.29. The predicted molar refractivity (Wildman–Crippen MR) is 86.3 cm³/mol. The summed E-state index contributed by atoms with van der Waals surface area (Å²) in [4.78, 5) is 0. The van der Waals surface area contributed by atoms with E-state index in [0.29, 0.717) is 24.0 Å². The lowest BCUT2D eigenvalue weighted by Gasteiger charge is -2.28. The average molecular weight is 301 g/mol. The molecule has 2 N–H and O–H groups in total. The fourth-order valence-corrected chi connectivity index (χ4v) is 4.59. The summed E-state index contributed by atoms with van der Waals surface area (Å²) in [6.45, 7) is 6.75. The number of nitrogens with one attached hydrogen (secondary N) is 1. The molecular weight excluding hydrogens is 270 g/mol. The van der Waals surface area contributed by atoms with Crippen molar-refractivity contribution in [2.75, 3.05) is 25.4 Å². The molecule has 20 heavy (non-hydrogen) atoms. The van der Waals surface area contributed by atoms with Crippen molar-refractivity contribution in [3.63, 3.8) is 0 Å². The van der Waals surface area contributed by atoms with E-state index in [9.17, 15) is 5.11 Å². The molecule has 4 unspecified atom stereocenters. The molecule has 3 nitrogen and oxygen atoms in total. The molecule has 0 aromatic rings. The van der Waals surface area contributed by atoms with Gasteiger partial charge >= 0.3 is 0 Å². The van der Waals surface area contributed by atoms with E-state index in [4.69, 9.17) is 4.74 Å². The maximum absolute atomic E-state index is 10.0. The molecule has 1 saturated heterocycles. The van der Waals surface area contributed by atoms with Crippen molar-refractivity contribution in [2.45, 2.75) is 69.3 Å². The van der Waals surface area contributed by atoms with E-state index in [0.717, 1.165) is 18.9 Å². The van der Waals surface area contributed by atoms with Gasteiger partial charge < -0.3 is 15.2 Å². The van der Waals surface area contributed by atoms with Crippen molar-refractivity contribution in [3.8, 4) is 0 Å². The van der Waals surface area contributed by atoms with Crippen molar-refractivity contribution >= 4 is 11.8 Å². The van der Waals surface area contributed by atoms with Gasteiger partial charge in [-0.25, -0.2) is 0 Å². The maximum atomic E-state index is 10.0. The van der Waals surface area contributed by atoms with Crippen LogP contribution in [0.5, 0.6) is 0 Å². The van der Waals surface area contributed by atoms with Crippen LogP contribution in [0.3, 0.4) is 0 Å². The van der Waals surface area contributed by atoms with Crippen LogP contribution in [0.25, 0.3) is 0 Å². The SMILES string of the molecule is CC1CCCC(OCC(O)CNCC2(C)CCCS2)C1. The summed E-state index contributed by atoms with van der Waals surface area (Å²) < 4.78 is 6.24. The number of aliphatic hydroxyl groups is 1. The Bertz CT molecular complexity index is 282. The highest BCUT2D eigenvalue weighted by atomic mass is 32.2. The number of aliphatic hydroxyl groups excluding tert-OH is 1. The first kappa shape index (κ1) is 16.6. The van der Waals surface area contributed by atoms with Crippen LogP contribution in [0.2, 0.25) is 0 Å². The van der Waals surface area contributed by atoms with Crippen LogP contribution >= 0.6 is 11.8 Å². The molecule has 4 heteroatoms. The molecule has 1 aliphatic carbocycles. The van der Waals surface area contributed by atoms with Crippen LogP contribution in [-0.2, 0) is 4.74 Å². The summed E-state index contributed by atoms with van der Waals surface area (Å²) in [5, 5.41) is 13.4. The molecule has 4 atom stereocenters. The third-order valence-corrected chi connectivity index (χ3v) is 6.13. The number of rotatable bonds is 7. The van der Waals surface area contributed by atoms with E-state index in [1.165, 1.54) is 37.9 Å². The molecule has 0 aromatic heterocycles. The summed E-state index contributed by atoms with van der Waals surface area (Å²) in [5.41, 5.74) is 0. The third kappa shape index (κ3) is 5.55. The molecule has 2 aliphatic rings. The second-order valence-corrected chi connectivity index (χ2v) is 8.60. The first-order valence-corrected chi connectivity index (χ1v) is 9.20. The van der Waals surface area contributed by atoms with Crippen molar-refractivity contribution < 1.29 is 9.84 Å². The van der Waals surface area contributed by atoms with E-state index in [2.05, 4.69) is 30.9 Å². The van der Waals surface area contributed by atoms with Crippen molar-refractivity contribution in [3.05, 3.63) is 0 Å². The van der Waals surface area contributed by atoms with Crippen molar-refractivity contribution in [1.82, 2.24) is 5.32 Å². The van der Waals surface area contributed by atoms with Crippen LogP contribution in [-0.4, -0.2) is 47.5 Å². The Morgan fingerprint density at radius 3 is 2.95 bits per heavy atom. The maximum Gasteiger partial charge on any atom is 0.0897 e. The van der Waals surface area contributed by atoms with Gasteiger partial charge in [0.05, 0.1) is 18.8 Å². The van der Waals surface area contributed by atoms with Crippen LogP contribution < -0.4 is 5.32 Å². The third-order valence-electron chi connectivity index (χ3n) is 4.59. The van der Waals surface area contributed by atoms with Crippen LogP contribution in [0, 0.1) is 5.92 Å². The standard InChI is InChI=1S/C16H31NO2S/c1-13-5-3-6-15(9-13)19-11-14(18)10-17-12-16(2)7-4-8-20-16/h13-15,17-18H,3-12H2,1-2H3. The normalized spacial score (nSPS) is 36.1. The Morgan fingerprint density at radius 1 is 1.40 bits per heavy atom. The first-order chi connectivity index (χ1) is 9.57. The number of ether oxygens (including phenoxy) is 1. The predicted octanol–water partition coefficient (Wildman–Crippen LogP) is 2.82. The minimum Gasteiger partial charge on any atom is -0.389 e. The molecule has 0 amide bonds. The molecule has 0 radical (unpaired) electrons. The summed E-state index contributed by atoms with van der Waals surface area (Å²) in [5.74, 6) is 2.06. The zero-order valence-electron chi connectivity index (χ0n) is 13.1. The average Bonchev–Trinajstić information content (AvgIpc) is 2.83. The number of thioether (sulfide) groups is 1. The lowest BCUT2D eigenvalue weighted by atomic mass is 9.89. The fraction of sp³-hybridized carbons (Fsp3) is 1.00. The second-order valence-electron chi connectivity index (χ2n) is 6.91. The summed E-state index contributed by atoms with van der Waals surface area (Å²) in [6.07, 6.45) is 7.55. The van der Waals surface area contributed by atoms with Gasteiger partial charge in [-0.1, -0.05) is 19.8 Å². The van der Waals surface area contributed by atoms with Crippen LogP contribution in [0.4, 0.5) is 0 Å². The van der Waals surface area contributed by atoms with E-state index >= 15 is 0 Å². The van der Waals surface area contributed by atoms with Gasteiger partial charge in [0.1, 0.15) is 0 Å². The Labute approximate surface area is 128 Å². The van der Waals surface area contributed by atoms with E-state index in [1.54, 1.807) is 0 Å². The zero-order chi connectivity index (χ0) is 14.4. The smallest absolute Gasteiger partial charge is 0.0897 e. The molecule has 118 valence electrons. The number of hydrogen-bond acceptors (Lipinski definition) is 4. The Kier molecular flexibility index (Phi) is 6.66. The summed E-state index contributed by atoms with van der Waals surface area (Å²) >= 11 is 2.06. The fourth-order valence-electron chi connectivity index (χ4n) is 3.32. The van der Waals surface area contributed by atoms with Gasteiger partial charge in [0.2, 0.25) is 0 Å². The quantitative estimate of drug-likeness (QED) is 0.759. The van der Waals surface area contributed by atoms with Gasteiger partial charge in [-0.05, 0) is 44.3 Å². The molecular formula is C16H31NO2S. The lowest BCUT2D eigenvalue weighted by Crippen LogP contribution is -2.39. The molecule has 0 spiro atoms. The summed E-state index contributed by atoms with van der Waals surface area (Å²) in [6, 6.07) is 0. The van der Waals surface area contributed by atoms with Crippen molar-refractivity contribution in [1.29, 1.82) is 0 Å². The van der Waals surface area contributed by atoms with Gasteiger partial charge in [-0.2, -0.15) is 11.8 Å². The van der Waals surface area contributed by atoms with E-state index < -0.39 is 0 Å². The van der Waals surface area contributed by atoms with Gasteiger partial charge in [0.25, 0.3) is 0 Å². The number of hydrogen-bond donors (Lipinski definition) is 2. The van der Waals surface area contributed by atoms with Gasteiger partial charge in [-0.3, -0.25) is 0 Å².